The zero-order valence-corrected chi connectivity index (χ0v) is 13.2. The highest BCUT2D eigenvalue weighted by Gasteiger charge is 2.31. The SMILES string of the molecule is Cc1ccc(C/C=C2\SC(=S)N(CCC(=O)O)C2=O)cc1. The molecule has 0 atom stereocenters. The quantitative estimate of drug-likeness (QED) is 0.667. The van der Waals surface area contributed by atoms with Crippen LogP contribution >= 0.6 is 24.0 Å². The van der Waals surface area contributed by atoms with Gasteiger partial charge in [0.05, 0.1) is 11.3 Å². The molecule has 1 aromatic carbocycles. The number of allylic oxidation sites excluding steroid dienone is 1. The van der Waals surface area contributed by atoms with E-state index in [1.165, 1.54) is 22.2 Å². The summed E-state index contributed by atoms with van der Waals surface area (Å²) in [6, 6.07) is 8.11. The van der Waals surface area contributed by atoms with Crippen LogP contribution in [0, 0.1) is 6.92 Å². The second kappa shape index (κ2) is 6.87. The molecule has 1 aliphatic heterocycles. The summed E-state index contributed by atoms with van der Waals surface area (Å²) in [6.07, 6.45) is 2.41. The number of hydrogen-bond donors (Lipinski definition) is 1. The van der Waals surface area contributed by atoms with E-state index in [9.17, 15) is 9.59 Å². The fourth-order valence-electron chi connectivity index (χ4n) is 1.87. The van der Waals surface area contributed by atoms with Gasteiger partial charge in [-0.3, -0.25) is 14.5 Å². The van der Waals surface area contributed by atoms with Crippen molar-refractivity contribution in [3.05, 3.63) is 46.4 Å². The van der Waals surface area contributed by atoms with Crippen LogP contribution in [0.4, 0.5) is 0 Å². The number of aliphatic carboxylic acids is 1. The van der Waals surface area contributed by atoms with Crippen molar-refractivity contribution in [2.24, 2.45) is 0 Å². The van der Waals surface area contributed by atoms with Gasteiger partial charge in [-0.1, -0.05) is 59.9 Å². The topological polar surface area (TPSA) is 57.6 Å². The fourth-order valence-corrected chi connectivity index (χ4v) is 3.15. The van der Waals surface area contributed by atoms with Crippen molar-refractivity contribution in [3.63, 3.8) is 0 Å². The molecule has 21 heavy (non-hydrogen) atoms. The first-order valence-electron chi connectivity index (χ1n) is 6.48. The largest absolute Gasteiger partial charge is 0.481 e. The molecule has 1 aromatic rings. The van der Waals surface area contributed by atoms with E-state index in [0.717, 1.165) is 5.56 Å². The molecule has 0 aliphatic carbocycles. The summed E-state index contributed by atoms with van der Waals surface area (Å²) in [5, 5.41) is 8.68. The van der Waals surface area contributed by atoms with E-state index in [1.807, 2.05) is 37.3 Å². The fraction of sp³-hybridized carbons (Fsp3) is 0.267. The van der Waals surface area contributed by atoms with Gasteiger partial charge in [-0.05, 0) is 18.9 Å². The summed E-state index contributed by atoms with van der Waals surface area (Å²) in [5.41, 5.74) is 2.31. The van der Waals surface area contributed by atoms with E-state index in [1.54, 1.807) is 0 Å². The smallest absolute Gasteiger partial charge is 0.305 e. The van der Waals surface area contributed by atoms with Crippen LogP contribution in [0.5, 0.6) is 0 Å². The van der Waals surface area contributed by atoms with Gasteiger partial charge in [-0.25, -0.2) is 0 Å². The Hall–Kier alpha value is -1.66. The minimum absolute atomic E-state index is 0.0995. The predicted octanol–water partition coefficient (Wildman–Crippen LogP) is 2.76. The van der Waals surface area contributed by atoms with Crippen LogP contribution in [-0.4, -0.2) is 32.7 Å². The maximum Gasteiger partial charge on any atom is 0.305 e. The number of carboxylic acid groups (broad SMARTS) is 1. The number of hydrogen-bond acceptors (Lipinski definition) is 4. The molecule has 1 N–H and O–H groups in total. The summed E-state index contributed by atoms with van der Waals surface area (Å²) < 4.78 is 0.427. The van der Waals surface area contributed by atoms with Crippen LogP contribution < -0.4 is 0 Å². The summed E-state index contributed by atoms with van der Waals surface area (Å²) in [4.78, 5) is 24.7. The Balaban J connectivity index is 2.02. The van der Waals surface area contributed by atoms with E-state index in [0.29, 0.717) is 15.6 Å². The van der Waals surface area contributed by atoms with Crippen LogP contribution in [0.15, 0.2) is 35.2 Å². The molecule has 4 nitrogen and oxygen atoms in total. The van der Waals surface area contributed by atoms with Crippen molar-refractivity contribution < 1.29 is 14.7 Å². The van der Waals surface area contributed by atoms with E-state index in [-0.39, 0.29) is 18.9 Å². The molecule has 2 rings (SSSR count). The lowest BCUT2D eigenvalue weighted by Gasteiger charge is -2.12. The van der Waals surface area contributed by atoms with Crippen molar-refractivity contribution in [1.29, 1.82) is 0 Å². The molecule has 1 amide bonds. The molecular formula is C15H15NO3S2. The lowest BCUT2D eigenvalue weighted by molar-refractivity contribution is -0.137. The highest BCUT2D eigenvalue weighted by molar-refractivity contribution is 8.26. The van der Waals surface area contributed by atoms with Crippen LogP contribution in [0.1, 0.15) is 17.5 Å². The first-order chi connectivity index (χ1) is 9.97. The number of benzene rings is 1. The van der Waals surface area contributed by atoms with Gasteiger partial charge in [0.15, 0.2) is 0 Å². The summed E-state index contributed by atoms with van der Waals surface area (Å²) >= 11 is 6.36. The molecule has 0 radical (unpaired) electrons. The lowest BCUT2D eigenvalue weighted by Crippen LogP contribution is -2.30. The minimum Gasteiger partial charge on any atom is -0.481 e. The number of rotatable bonds is 5. The molecule has 0 unspecified atom stereocenters. The normalized spacial score (nSPS) is 16.8. The van der Waals surface area contributed by atoms with Gasteiger partial charge in [-0.15, -0.1) is 0 Å². The molecule has 6 heteroatoms. The third-order valence-electron chi connectivity index (χ3n) is 3.07. The van der Waals surface area contributed by atoms with Crippen molar-refractivity contribution in [1.82, 2.24) is 4.90 Å². The maximum absolute atomic E-state index is 12.2. The standard InChI is InChI=1S/C15H15NO3S2/c1-10-2-4-11(5-3-10)6-7-12-14(19)16(15(20)21-12)9-8-13(17)18/h2-5,7H,6,8-9H2,1H3,(H,17,18)/b12-7-. The number of thioether (sulfide) groups is 1. The van der Waals surface area contributed by atoms with Crippen LogP contribution in [0.2, 0.25) is 0 Å². The molecule has 110 valence electrons. The molecular weight excluding hydrogens is 306 g/mol. The zero-order valence-electron chi connectivity index (χ0n) is 11.5. The first-order valence-corrected chi connectivity index (χ1v) is 7.71. The van der Waals surface area contributed by atoms with Crippen molar-refractivity contribution in [2.75, 3.05) is 6.54 Å². The number of amides is 1. The predicted molar refractivity (Wildman–Crippen MR) is 87.1 cm³/mol. The number of carbonyl (C=O) groups is 2. The Bertz CT molecular complexity index is 608. The van der Waals surface area contributed by atoms with Gasteiger partial charge in [0, 0.05) is 6.54 Å². The summed E-state index contributed by atoms with van der Waals surface area (Å²) in [7, 11) is 0. The van der Waals surface area contributed by atoms with Gasteiger partial charge >= 0.3 is 5.97 Å². The van der Waals surface area contributed by atoms with Gasteiger partial charge < -0.3 is 5.11 Å². The number of nitrogens with zero attached hydrogens (tertiary/aromatic N) is 1. The minimum atomic E-state index is -0.937. The highest BCUT2D eigenvalue weighted by Crippen LogP contribution is 2.31. The average molecular weight is 321 g/mol. The van der Waals surface area contributed by atoms with Gasteiger partial charge in [0.1, 0.15) is 4.32 Å². The Morgan fingerprint density at radius 2 is 2.05 bits per heavy atom. The number of thiocarbonyl (C=S) groups is 1. The molecule has 0 spiro atoms. The van der Waals surface area contributed by atoms with Gasteiger partial charge in [0.25, 0.3) is 5.91 Å². The van der Waals surface area contributed by atoms with Crippen LogP contribution in [-0.2, 0) is 16.0 Å². The monoisotopic (exact) mass is 321 g/mol. The number of aryl methyl sites for hydroxylation is 1. The van der Waals surface area contributed by atoms with Crippen molar-refractivity contribution in [2.45, 2.75) is 19.8 Å². The molecule has 0 saturated carbocycles. The molecule has 0 aromatic heterocycles. The van der Waals surface area contributed by atoms with Crippen molar-refractivity contribution >= 4 is 40.2 Å². The van der Waals surface area contributed by atoms with Crippen LogP contribution in [0.25, 0.3) is 0 Å². The third-order valence-corrected chi connectivity index (χ3v) is 4.49. The molecule has 1 heterocycles. The second-order valence-corrected chi connectivity index (χ2v) is 6.40. The first kappa shape index (κ1) is 15.7. The second-order valence-electron chi connectivity index (χ2n) is 4.73. The number of carboxylic acids is 1. The van der Waals surface area contributed by atoms with E-state index in [4.69, 9.17) is 17.3 Å². The third kappa shape index (κ3) is 4.15. The number of carbonyl (C=O) groups excluding carboxylic acids is 1. The summed E-state index contributed by atoms with van der Waals surface area (Å²) in [6.45, 7) is 2.15. The molecule has 1 aliphatic rings. The zero-order chi connectivity index (χ0) is 15.4. The Morgan fingerprint density at radius 3 is 2.67 bits per heavy atom. The Labute approximate surface area is 132 Å². The molecule has 1 saturated heterocycles. The molecule has 1 fully saturated rings. The lowest BCUT2D eigenvalue weighted by atomic mass is 10.1. The van der Waals surface area contributed by atoms with E-state index < -0.39 is 5.97 Å². The summed E-state index contributed by atoms with van der Waals surface area (Å²) in [5.74, 6) is -1.13. The maximum atomic E-state index is 12.2. The van der Waals surface area contributed by atoms with Gasteiger partial charge in [0.2, 0.25) is 0 Å². The Kier molecular flexibility index (Phi) is 5.14. The molecule has 0 bridgehead atoms. The highest BCUT2D eigenvalue weighted by atomic mass is 32.2. The van der Waals surface area contributed by atoms with Crippen LogP contribution in [0.3, 0.4) is 0 Å². The van der Waals surface area contributed by atoms with Gasteiger partial charge in [-0.2, -0.15) is 0 Å². The van der Waals surface area contributed by atoms with Crippen molar-refractivity contribution in [3.8, 4) is 0 Å². The average Bonchev–Trinajstić information content (AvgIpc) is 2.70. The Morgan fingerprint density at radius 1 is 1.38 bits per heavy atom. The van der Waals surface area contributed by atoms with E-state index >= 15 is 0 Å². The van der Waals surface area contributed by atoms with E-state index in [2.05, 4.69) is 0 Å².